The molecule has 4 nitrogen and oxygen atoms in total. The Morgan fingerprint density at radius 3 is 2.43 bits per heavy atom. The van der Waals surface area contributed by atoms with E-state index in [1.54, 1.807) is 6.92 Å². The van der Waals surface area contributed by atoms with Crippen LogP contribution < -0.4 is 10.6 Å². The fourth-order valence-corrected chi connectivity index (χ4v) is 5.82. The zero-order chi connectivity index (χ0) is 25.6. The van der Waals surface area contributed by atoms with Gasteiger partial charge in [-0.3, -0.25) is 9.69 Å². The number of anilines is 1. The second-order valence-electron chi connectivity index (χ2n) is 10.4. The predicted molar refractivity (Wildman–Crippen MR) is 154 cm³/mol. The maximum Gasteiger partial charge on any atom is 0.221 e. The molecule has 1 aliphatic heterocycles. The number of amides is 1. The van der Waals surface area contributed by atoms with Crippen LogP contribution in [0.3, 0.4) is 0 Å². The number of hydrogen-bond donors (Lipinski definition) is 2. The molecule has 3 atom stereocenters. The van der Waals surface area contributed by atoms with Crippen molar-refractivity contribution in [1.29, 1.82) is 0 Å². The highest BCUT2D eigenvalue weighted by molar-refractivity contribution is 5.88. The number of carbonyl (C=O) groups is 1. The lowest BCUT2D eigenvalue weighted by Crippen LogP contribution is -2.43. The zero-order valence-corrected chi connectivity index (χ0v) is 21.9. The first-order valence-corrected chi connectivity index (χ1v) is 13.4. The van der Waals surface area contributed by atoms with Crippen LogP contribution in [-0.4, -0.2) is 30.4 Å². The summed E-state index contributed by atoms with van der Waals surface area (Å²) in [6.45, 7) is 7.88. The summed E-state index contributed by atoms with van der Waals surface area (Å²) in [5.41, 5.74) is 4.94. The molecule has 37 heavy (non-hydrogen) atoms. The minimum atomic E-state index is -0.0381. The predicted octanol–water partition coefficient (Wildman–Crippen LogP) is 6.75. The van der Waals surface area contributed by atoms with Crippen LogP contribution in [0.5, 0.6) is 0 Å². The van der Waals surface area contributed by atoms with E-state index in [9.17, 15) is 4.79 Å². The second-order valence-corrected chi connectivity index (χ2v) is 10.4. The van der Waals surface area contributed by atoms with Crippen molar-refractivity contribution in [2.24, 2.45) is 5.92 Å². The van der Waals surface area contributed by atoms with Crippen LogP contribution in [0.1, 0.15) is 48.9 Å². The summed E-state index contributed by atoms with van der Waals surface area (Å²) in [5, 5.41) is 9.39. The topological polar surface area (TPSA) is 44.4 Å². The van der Waals surface area contributed by atoms with Gasteiger partial charge in [-0.15, -0.1) is 0 Å². The van der Waals surface area contributed by atoms with Crippen LogP contribution >= 0.6 is 0 Å². The largest absolute Gasteiger partial charge is 0.326 e. The number of piperidine rings is 1. The van der Waals surface area contributed by atoms with E-state index in [4.69, 9.17) is 0 Å². The third-order valence-corrected chi connectivity index (χ3v) is 7.70. The first kappa shape index (κ1) is 25.2. The Bertz CT molecular complexity index is 1310. The Kier molecular flexibility index (Phi) is 7.98. The van der Waals surface area contributed by atoms with Crippen LogP contribution in [0.15, 0.2) is 97.1 Å². The Balaban J connectivity index is 1.29. The van der Waals surface area contributed by atoms with Gasteiger partial charge in [-0.2, -0.15) is 0 Å². The number of rotatable bonds is 8. The number of nitrogens with one attached hydrogen (secondary N) is 2. The molecule has 0 radical (unpaired) electrons. The Labute approximate surface area is 220 Å². The molecule has 4 heteroatoms. The molecule has 0 spiro atoms. The minimum Gasteiger partial charge on any atom is -0.326 e. The summed E-state index contributed by atoms with van der Waals surface area (Å²) in [7, 11) is 0. The lowest BCUT2D eigenvalue weighted by Gasteiger charge is -2.39. The van der Waals surface area contributed by atoms with Gasteiger partial charge < -0.3 is 10.6 Å². The molecule has 0 bridgehead atoms. The number of nitrogens with zero attached hydrogens (tertiary/aromatic N) is 1. The van der Waals surface area contributed by atoms with Crippen LogP contribution in [0.25, 0.3) is 10.8 Å². The first-order chi connectivity index (χ1) is 18.1. The summed E-state index contributed by atoms with van der Waals surface area (Å²) >= 11 is 0. The fourth-order valence-electron chi connectivity index (χ4n) is 5.82. The molecule has 4 aromatic carbocycles. The van der Waals surface area contributed by atoms with Crippen molar-refractivity contribution in [1.82, 2.24) is 10.2 Å². The SMILES string of the molecule is CC(=O)Nc1ccc(CN2CCC(c3ccccc3)C(CN[C@H](C)c3cccc4ccccc34)C2)cc1. The zero-order valence-electron chi connectivity index (χ0n) is 21.9. The lowest BCUT2D eigenvalue weighted by molar-refractivity contribution is -0.114. The summed E-state index contributed by atoms with van der Waals surface area (Å²) in [6.07, 6.45) is 1.16. The summed E-state index contributed by atoms with van der Waals surface area (Å²) < 4.78 is 0. The maximum atomic E-state index is 11.3. The number of fused-ring (bicyclic) bond motifs is 1. The quantitative estimate of drug-likeness (QED) is 0.286. The number of carbonyl (C=O) groups excluding carboxylic acids is 1. The van der Waals surface area contributed by atoms with E-state index in [1.807, 2.05) is 12.1 Å². The monoisotopic (exact) mass is 491 g/mol. The molecule has 190 valence electrons. The normalized spacial score (nSPS) is 19.0. The first-order valence-electron chi connectivity index (χ1n) is 13.4. The number of benzene rings is 4. The fraction of sp³-hybridized carbons (Fsp3) is 0.303. The van der Waals surface area contributed by atoms with Gasteiger partial charge in [-0.1, -0.05) is 84.9 Å². The smallest absolute Gasteiger partial charge is 0.221 e. The van der Waals surface area contributed by atoms with Crippen molar-refractivity contribution in [2.45, 2.75) is 38.8 Å². The van der Waals surface area contributed by atoms with Crippen molar-refractivity contribution in [3.8, 4) is 0 Å². The molecule has 1 aliphatic rings. The highest BCUT2D eigenvalue weighted by atomic mass is 16.1. The van der Waals surface area contributed by atoms with E-state index >= 15 is 0 Å². The van der Waals surface area contributed by atoms with Crippen LogP contribution in [0, 0.1) is 5.92 Å². The number of hydrogen-bond acceptors (Lipinski definition) is 3. The average molecular weight is 492 g/mol. The average Bonchev–Trinajstić information content (AvgIpc) is 2.93. The molecule has 0 aromatic heterocycles. The van der Waals surface area contributed by atoms with E-state index < -0.39 is 0 Å². The molecule has 1 heterocycles. The van der Waals surface area contributed by atoms with Gasteiger partial charge in [-0.05, 0) is 71.3 Å². The minimum absolute atomic E-state index is 0.0381. The molecule has 4 aromatic rings. The molecule has 2 N–H and O–H groups in total. The van der Waals surface area contributed by atoms with Crippen LogP contribution in [0.2, 0.25) is 0 Å². The maximum absolute atomic E-state index is 11.3. The van der Waals surface area contributed by atoms with Gasteiger partial charge in [0, 0.05) is 38.3 Å². The second kappa shape index (κ2) is 11.7. The van der Waals surface area contributed by atoms with Crippen LogP contribution in [-0.2, 0) is 11.3 Å². The molecular weight excluding hydrogens is 454 g/mol. The molecule has 1 amide bonds. The van der Waals surface area contributed by atoms with E-state index in [0.717, 1.165) is 38.3 Å². The van der Waals surface area contributed by atoms with E-state index in [2.05, 4.69) is 107 Å². The van der Waals surface area contributed by atoms with Gasteiger partial charge >= 0.3 is 0 Å². The van der Waals surface area contributed by atoms with Gasteiger partial charge in [-0.25, -0.2) is 0 Å². The Hall–Kier alpha value is -3.47. The molecule has 1 fully saturated rings. The third-order valence-electron chi connectivity index (χ3n) is 7.70. The Morgan fingerprint density at radius 2 is 1.65 bits per heavy atom. The van der Waals surface area contributed by atoms with E-state index in [-0.39, 0.29) is 11.9 Å². The summed E-state index contributed by atoms with van der Waals surface area (Å²) in [6, 6.07) is 34.9. The van der Waals surface area contributed by atoms with Crippen molar-refractivity contribution in [3.63, 3.8) is 0 Å². The van der Waals surface area contributed by atoms with Crippen molar-refractivity contribution < 1.29 is 4.79 Å². The van der Waals surface area contributed by atoms with Gasteiger partial charge in [0.2, 0.25) is 5.91 Å². The summed E-state index contributed by atoms with van der Waals surface area (Å²) in [4.78, 5) is 13.9. The van der Waals surface area contributed by atoms with Crippen molar-refractivity contribution >= 4 is 22.4 Å². The van der Waals surface area contributed by atoms with Crippen molar-refractivity contribution in [2.75, 3.05) is 25.0 Å². The molecule has 1 saturated heterocycles. The molecule has 0 saturated carbocycles. The van der Waals surface area contributed by atoms with Crippen molar-refractivity contribution in [3.05, 3.63) is 114 Å². The molecular formula is C33H37N3O. The van der Waals surface area contributed by atoms with Gasteiger partial charge in [0.25, 0.3) is 0 Å². The number of likely N-dealkylation sites (tertiary alicyclic amines) is 1. The summed E-state index contributed by atoms with van der Waals surface area (Å²) in [5.74, 6) is 1.03. The van der Waals surface area contributed by atoms with Crippen LogP contribution in [0.4, 0.5) is 5.69 Å². The highest BCUT2D eigenvalue weighted by Crippen LogP contribution is 2.34. The third kappa shape index (κ3) is 6.27. The standard InChI is InChI=1S/C33H37N3O/c1-24(31-14-8-12-28-11-6-7-13-33(28)31)34-21-29-23-36(20-19-32(29)27-9-4-3-5-10-27)22-26-15-17-30(18-16-26)35-25(2)37/h3-18,24,29,32,34H,19-23H2,1-2H3,(H,35,37)/t24-,29?,32?/m1/s1. The van der Waals surface area contributed by atoms with Gasteiger partial charge in [0.05, 0.1) is 0 Å². The highest BCUT2D eigenvalue weighted by Gasteiger charge is 2.30. The molecule has 0 aliphatic carbocycles. The molecule has 2 unspecified atom stereocenters. The lowest BCUT2D eigenvalue weighted by atomic mass is 9.80. The Morgan fingerprint density at radius 1 is 0.919 bits per heavy atom. The molecule has 5 rings (SSSR count). The van der Waals surface area contributed by atoms with Gasteiger partial charge in [0.15, 0.2) is 0 Å². The van der Waals surface area contributed by atoms with E-state index in [0.29, 0.717) is 11.8 Å². The van der Waals surface area contributed by atoms with Gasteiger partial charge in [0.1, 0.15) is 0 Å². The van der Waals surface area contributed by atoms with E-state index in [1.165, 1.54) is 27.5 Å².